The molecule has 3 aliphatic rings. The van der Waals surface area contributed by atoms with E-state index in [1.165, 1.54) is 19.3 Å². The van der Waals surface area contributed by atoms with E-state index in [-0.39, 0.29) is 0 Å². The highest BCUT2D eigenvalue weighted by Crippen LogP contribution is 2.33. The number of rotatable bonds is 5. The highest BCUT2D eigenvalue weighted by atomic mass is 32.2. The lowest BCUT2D eigenvalue weighted by atomic mass is 10.2. The van der Waals surface area contributed by atoms with Crippen molar-refractivity contribution in [1.29, 1.82) is 0 Å². The van der Waals surface area contributed by atoms with Gasteiger partial charge in [-0.05, 0) is 25.3 Å². The molecule has 0 bridgehead atoms. The van der Waals surface area contributed by atoms with Crippen LogP contribution >= 0.6 is 0 Å². The Labute approximate surface area is 116 Å². The molecule has 0 spiro atoms. The summed E-state index contributed by atoms with van der Waals surface area (Å²) in [5.41, 5.74) is 0. The zero-order valence-corrected chi connectivity index (χ0v) is 12.4. The fraction of sp³-hybridized carbons (Fsp3) is 1.00. The minimum atomic E-state index is -2.99. The number of hydrogen-bond donors (Lipinski definition) is 1. The molecule has 1 unspecified atom stereocenters. The minimum absolute atomic E-state index is 0.364. The van der Waals surface area contributed by atoms with Gasteiger partial charge in [0, 0.05) is 38.8 Å². The quantitative estimate of drug-likeness (QED) is 0.779. The number of sulfonamides is 1. The molecule has 19 heavy (non-hydrogen) atoms. The van der Waals surface area contributed by atoms with Gasteiger partial charge < -0.3 is 5.32 Å². The average Bonchev–Trinajstić information content (AvgIpc) is 3.09. The number of nitrogens with one attached hydrogen (secondary N) is 1. The second kappa shape index (κ2) is 5.68. The van der Waals surface area contributed by atoms with Crippen LogP contribution in [0.5, 0.6) is 0 Å². The summed E-state index contributed by atoms with van der Waals surface area (Å²) in [6.45, 7) is 5.33. The van der Waals surface area contributed by atoms with E-state index >= 15 is 0 Å². The first kappa shape index (κ1) is 13.8. The molecule has 3 fully saturated rings. The van der Waals surface area contributed by atoms with Crippen LogP contribution in [0.4, 0.5) is 0 Å². The maximum absolute atomic E-state index is 12.2. The van der Waals surface area contributed by atoms with Crippen molar-refractivity contribution in [2.24, 2.45) is 5.92 Å². The Hall–Kier alpha value is -0.170. The summed E-state index contributed by atoms with van der Waals surface area (Å²) in [5, 5.41) is 3.38. The van der Waals surface area contributed by atoms with Crippen LogP contribution in [0.2, 0.25) is 0 Å². The molecule has 110 valence electrons. The van der Waals surface area contributed by atoms with Crippen LogP contribution in [0, 0.1) is 5.92 Å². The molecule has 1 saturated carbocycles. The first-order chi connectivity index (χ1) is 9.15. The zero-order valence-electron chi connectivity index (χ0n) is 11.6. The SMILES string of the molecule is O=S(=O)(CCC1CC1)N1CCN(C2CCNC2)CC1. The van der Waals surface area contributed by atoms with Crippen molar-refractivity contribution in [1.82, 2.24) is 14.5 Å². The van der Waals surface area contributed by atoms with Gasteiger partial charge in [-0.3, -0.25) is 4.90 Å². The van der Waals surface area contributed by atoms with Crippen molar-refractivity contribution in [2.75, 3.05) is 45.0 Å². The Morgan fingerprint density at radius 1 is 1.05 bits per heavy atom. The maximum atomic E-state index is 12.2. The van der Waals surface area contributed by atoms with Crippen LogP contribution < -0.4 is 5.32 Å². The smallest absolute Gasteiger partial charge is 0.214 e. The van der Waals surface area contributed by atoms with Crippen molar-refractivity contribution in [3.05, 3.63) is 0 Å². The van der Waals surface area contributed by atoms with Gasteiger partial charge >= 0.3 is 0 Å². The molecule has 1 atom stereocenters. The third kappa shape index (κ3) is 3.48. The molecule has 0 radical (unpaired) electrons. The zero-order chi connectivity index (χ0) is 13.3. The van der Waals surface area contributed by atoms with Crippen LogP contribution in [-0.2, 0) is 10.0 Å². The van der Waals surface area contributed by atoms with Crippen molar-refractivity contribution in [3.63, 3.8) is 0 Å². The molecule has 2 heterocycles. The van der Waals surface area contributed by atoms with E-state index in [4.69, 9.17) is 0 Å². The largest absolute Gasteiger partial charge is 0.315 e. The molecule has 3 rings (SSSR count). The molecule has 0 aromatic rings. The lowest BCUT2D eigenvalue weighted by Gasteiger charge is -2.37. The van der Waals surface area contributed by atoms with Gasteiger partial charge in [0.1, 0.15) is 0 Å². The van der Waals surface area contributed by atoms with Crippen molar-refractivity contribution < 1.29 is 8.42 Å². The van der Waals surface area contributed by atoms with Gasteiger partial charge in [0.05, 0.1) is 5.75 Å². The molecule has 2 aliphatic heterocycles. The highest BCUT2D eigenvalue weighted by molar-refractivity contribution is 7.89. The van der Waals surface area contributed by atoms with Crippen LogP contribution in [0.15, 0.2) is 0 Å². The van der Waals surface area contributed by atoms with E-state index in [1.807, 2.05) is 0 Å². The summed E-state index contributed by atoms with van der Waals surface area (Å²) in [6, 6.07) is 0.622. The second-order valence-electron chi connectivity index (χ2n) is 6.13. The molecule has 0 aromatic heterocycles. The Morgan fingerprint density at radius 3 is 2.37 bits per heavy atom. The molecule has 1 N–H and O–H groups in total. The van der Waals surface area contributed by atoms with Gasteiger partial charge in [-0.25, -0.2) is 8.42 Å². The number of hydrogen-bond acceptors (Lipinski definition) is 4. The predicted molar refractivity (Wildman–Crippen MR) is 75.5 cm³/mol. The van der Waals surface area contributed by atoms with E-state index in [0.29, 0.717) is 30.8 Å². The van der Waals surface area contributed by atoms with Crippen molar-refractivity contribution in [2.45, 2.75) is 31.7 Å². The molecule has 0 amide bonds. The van der Waals surface area contributed by atoms with Crippen molar-refractivity contribution >= 4 is 10.0 Å². The van der Waals surface area contributed by atoms with Crippen LogP contribution in [0.3, 0.4) is 0 Å². The maximum Gasteiger partial charge on any atom is 0.214 e. The Bertz CT molecular complexity index is 394. The van der Waals surface area contributed by atoms with Gasteiger partial charge in [-0.2, -0.15) is 4.31 Å². The first-order valence-corrected chi connectivity index (χ1v) is 9.19. The lowest BCUT2D eigenvalue weighted by molar-refractivity contribution is 0.145. The van der Waals surface area contributed by atoms with Gasteiger partial charge in [-0.1, -0.05) is 12.8 Å². The van der Waals surface area contributed by atoms with E-state index < -0.39 is 10.0 Å². The fourth-order valence-corrected chi connectivity index (χ4v) is 4.76. The van der Waals surface area contributed by atoms with Gasteiger partial charge in [0.25, 0.3) is 0 Å². The van der Waals surface area contributed by atoms with E-state index in [2.05, 4.69) is 10.2 Å². The summed E-state index contributed by atoms with van der Waals surface area (Å²) >= 11 is 0. The van der Waals surface area contributed by atoms with Gasteiger partial charge in [0.15, 0.2) is 0 Å². The average molecular weight is 287 g/mol. The second-order valence-corrected chi connectivity index (χ2v) is 8.22. The molecule has 1 aliphatic carbocycles. The molecular formula is C13H25N3O2S. The summed E-state index contributed by atoms with van der Waals surface area (Å²) in [5.74, 6) is 1.06. The predicted octanol–water partition coefficient (Wildman–Crippen LogP) is 0.0958. The van der Waals surface area contributed by atoms with E-state index in [1.54, 1.807) is 4.31 Å². The van der Waals surface area contributed by atoms with Crippen LogP contribution in [0.25, 0.3) is 0 Å². The fourth-order valence-electron chi connectivity index (χ4n) is 3.15. The highest BCUT2D eigenvalue weighted by Gasteiger charge is 2.32. The molecular weight excluding hydrogens is 262 g/mol. The number of nitrogens with zero attached hydrogens (tertiary/aromatic N) is 2. The molecule has 6 heteroatoms. The standard InChI is InChI=1S/C13H25N3O2S/c17-19(18,10-4-12-1-2-12)16-8-6-15(7-9-16)13-3-5-14-11-13/h12-14H,1-11H2. The first-order valence-electron chi connectivity index (χ1n) is 7.58. The molecule has 5 nitrogen and oxygen atoms in total. The Balaban J connectivity index is 1.48. The van der Waals surface area contributed by atoms with Crippen LogP contribution in [0.1, 0.15) is 25.7 Å². The summed E-state index contributed by atoms with van der Waals surface area (Å²) in [6.07, 6.45) is 4.54. The third-order valence-corrected chi connectivity index (χ3v) is 6.60. The number of piperazine rings is 1. The monoisotopic (exact) mass is 287 g/mol. The topological polar surface area (TPSA) is 52.7 Å². The normalized spacial score (nSPS) is 30.8. The van der Waals surface area contributed by atoms with Crippen LogP contribution in [-0.4, -0.2) is 68.7 Å². The van der Waals surface area contributed by atoms with E-state index in [0.717, 1.165) is 32.6 Å². The third-order valence-electron chi connectivity index (χ3n) is 4.70. The van der Waals surface area contributed by atoms with Gasteiger partial charge in [0.2, 0.25) is 10.0 Å². The summed E-state index contributed by atoms with van der Waals surface area (Å²) in [4.78, 5) is 2.45. The van der Waals surface area contributed by atoms with Gasteiger partial charge in [-0.15, -0.1) is 0 Å². The van der Waals surface area contributed by atoms with E-state index in [9.17, 15) is 8.42 Å². The minimum Gasteiger partial charge on any atom is -0.315 e. The summed E-state index contributed by atoms with van der Waals surface area (Å²) in [7, 11) is -2.99. The Kier molecular flexibility index (Phi) is 4.12. The Morgan fingerprint density at radius 2 is 1.79 bits per heavy atom. The molecule has 2 saturated heterocycles. The molecule has 0 aromatic carbocycles. The lowest BCUT2D eigenvalue weighted by Crippen LogP contribution is -2.52. The summed E-state index contributed by atoms with van der Waals surface area (Å²) < 4.78 is 26.2. The van der Waals surface area contributed by atoms with Crippen molar-refractivity contribution in [3.8, 4) is 0 Å².